The first-order chi connectivity index (χ1) is 21.8. The fourth-order valence-corrected chi connectivity index (χ4v) is 6.61. The van der Waals surface area contributed by atoms with Crippen LogP contribution in [0.15, 0.2) is 140 Å². The van der Waals surface area contributed by atoms with E-state index in [0.29, 0.717) is 17.6 Å². The van der Waals surface area contributed by atoms with Crippen LogP contribution in [0.1, 0.15) is 18.7 Å². The number of allylic oxidation sites excluding steroid dienone is 4. The van der Waals surface area contributed by atoms with Crippen molar-refractivity contribution in [3.05, 3.63) is 145 Å². The number of aromatic nitrogens is 5. The van der Waals surface area contributed by atoms with E-state index in [1.54, 1.807) is 0 Å². The Labute approximate surface area is 254 Å². The molecule has 1 aliphatic carbocycles. The number of benzene rings is 5. The van der Waals surface area contributed by atoms with Crippen LogP contribution in [-0.4, -0.2) is 24.1 Å². The van der Waals surface area contributed by atoms with Gasteiger partial charge in [-0.05, 0) is 49.2 Å². The molecule has 0 amide bonds. The third-order valence-corrected chi connectivity index (χ3v) is 8.60. The Morgan fingerprint density at radius 3 is 1.75 bits per heavy atom. The molecule has 0 unspecified atom stereocenters. The molecule has 0 aliphatic heterocycles. The average Bonchev–Trinajstić information content (AvgIpc) is 3.61. The lowest BCUT2D eigenvalue weighted by Crippen LogP contribution is -2.08. The van der Waals surface area contributed by atoms with Crippen molar-refractivity contribution in [2.75, 3.05) is 0 Å². The molecule has 0 spiro atoms. The molecule has 0 saturated heterocycles. The van der Waals surface area contributed by atoms with Gasteiger partial charge in [0.2, 0.25) is 5.95 Å². The first-order valence-electron chi connectivity index (χ1n) is 15.0. The summed E-state index contributed by atoms with van der Waals surface area (Å²) < 4.78 is 4.55. The molecule has 0 saturated carbocycles. The van der Waals surface area contributed by atoms with E-state index in [0.717, 1.165) is 51.5 Å². The van der Waals surface area contributed by atoms with Gasteiger partial charge in [-0.25, -0.2) is 4.98 Å². The molecule has 44 heavy (non-hydrogen) atoms. The van der Waals surface area contributed by atoms with E-state index >= 15 is 0 Å². The number of fused-ring (bicyclic) bond motifs is 6. The van der Waals surface area contributed by atoms with Crippen LogP contribution in [0.4, 0.5) is 0 Å². The molecule has 0 fully saturated rings. The van der Waals surface area contributed by atoms with Crippen LogP contribution in [0.3, 0.4) is 0 Å². The van der Waals surface area contributed by atoms with Gasteiger partial charge in [0.15, 0.2) is 11.6 Å². The molecular formula is C39H27N5. The van der Waals surface area contributed by atoms with Crippen LogP contribution in [0.2, 0.25) is 0 Å². The highest BCUT2D eigenvalue weighted by Crippen LogP contribution is 2.36. The second-order valence-electron chi connectivity index (χ2n) is 11.2. The van der Waals surface area contributed by atoms with Gasteiger partial charge in [0.05, 0.1) is 22.1 Å². The SMILES string of the molecule is C1=CC(c2nc(-c3ccccc3)nc(-n3c4ccccc4c4cc(-n5c6ccccc6c6ccccc65)ccc43)n2)=CCC1. The predicted molar refractivity (Wildman–Crippen MR) is 180 cm³/mol. The van der Waals surface area contributed by atoms with Crippen molar-refractivity contribution >= 4 is 49.2 Å². The van der Waals surface area contributed by atoms with Crippen LogP contribution in [-0.2, 0) is 0 Å². The number of para-hydroxylation sites is 3. The first-order valence-corrected chi connectivity index (χ1v) is 15.0. The molecule has 8 aromatic rings. The summed E-state index contributed by atoms with van der Waals surface area (Å²) in [5.74, 6) is 1.97. The molecule has 1 aliphatic rings. The third kappa shape index (κ3) is 3.83. The monoisotopic (exact) mass is 565 g/mol. The molecule has 208 valence electrons. The van der Waals surface area contributed by atoms with Crippen LogP contribution >= 0.6 is 0 Å². The van der Waals surface area contributed by atoms with E-state index in [2.05, 4.69) is 130 Å². The minimum Gasteiger partial charge on any atom is -0.309 e. The fourth-order valence-electron chi connectivity index (χ4n) is 6.61. The molecule has 5 heteroatoms. The Bertz CT molecular complexity index is 2390. The van der Waals surface area contributed by atoms with Crippen molar-refractivity contribution in [2.24, 2.45) is 0 Å². The number of rotatable bonds is 4. The maximum absolute atomic E-state index is 5.10. The molecule has 9 rings (SSSR count). The molecule has 0 atom stereocenters. The van der Waals surface area contributed by atoms with Gasteiger partial charge in [-0.15, -0.1) is 0 Å². The van der Waals surface area contributed by atoms with E-state index in [4.69, 9.17) is 15.0 Å². The zero-order valence-electron chi connectivity index (χ0n) is 23.9. The lowest BCUT2D eigenvalue weighted by molar-refractivity contribution is 0.927. The first kappa shape index (κ1) is 24.8. The highest BCUT2D eigenvalue weighted by molar-refractivity contribution is 6.12. The van der Waals surface area contributed by atoms with Crippen molar-refractivity contribution in [3.8, 4) is 23.0 Å². The predicted octanol–water partition coefficient (Wildman–Crippen LogP) is 9.47. The maximum Gasteiger partial charge on any atom is 0.238 e. The number of hydrogen-bond donors (Lipinski definition) is 0. The van der Waals surface area contributed by atoms with Crippen molar-refractivity contribution in [1.29, 1.82) is 0 Å². The van der Waals surface area contributed by atoms with Crippen molar-refractivity contribution in [3.63, 3.8) is 0 Å². The van der Waals surface area contributed by atoms with E-state index in [9.17, 15) is 0 Å². The summed E-state index contributed by atoms with van der Waals surface area (Å²) in [5, 5.41) is 4.82. The molecule has 0 N–H and O–H groups in total. The van der Waals surface area contributed by atoms with Gasteiger partial charge in [-0.3, -0.25) is 4.57 Å². The Morgan fingerprint density at radius 2 is 1.07 bits per heavy atom. The molecule has 0 radical (unpaired) electrons. The molecule has 3 aromatic heterocycles. The Balaban J connectivity index is 1.31. The number of hydrogen-bond acceptors (Lipinski definition) is 3. The lowest BCUT2D eigenvalue weighted by atomic mass is 10.1. The summed E-state index contributed by atoms with van der Waals surface area (Å²) in [6, 6.07) is 42.7. The minimum absolute atomic E-state index is 0.615. The summed E-state index contributed by atoms with van der Waals surface area (Å²) in [6.45, 7) is 0. The van der Waals surface area contributed by atoms with E-state index in [1.165, 1.54) is 21.8 Å². The van der Waals surface area contributed by atoms with E-state index in [1.807, 2.05) is 18.2 Å². The van der Waals surface area contributed by atoms with Gasteiger partial charge < -0.3 is 4.57 Å². The van der Waals surface area contributed by atoms with Crippen molar-refractivity contribution in [1.82, 2.24) is 24.1 Å². The summed E-state index contributed by atoms with van der Waals surface area (Å²) in [5.41, 5.74) is 7.63. The Kier molecular flexibility index (Phi) is 5.56. The van der Waals surface area contributed by atoms with E-state index in [-0.39, 0.29) is 0 Å². The van der Waals surface area contributed by atoms with Gasteiger partial charge in [0, 0.05) is 38.4 Å². The third-order valence-electron chi connectivity index (χ3n) is 8.60. The van der Waals surface area contributed by atoms with Crippen LogP contribution in [0.5, 0.6) is 0 Å². The average molecular weight is 566 g/mol. The quantitative estimate of drug-likeness (QED) is 0.214. The van der Waals surface area contributed by atoms with Gasteiger partial charge in [-0.2, -0.15) is 9.97 Å². The van der Waals surface area contributed by atoms with Crippen molar-refractivity contribution < 1.29 is 0 Å². The van der Waals surface area contributed by atoms with Gasteiger partial charge in [0.1, 0.15) is 0 Å². The summed E-state index contributed by atoms with van der Waals surface area (Å²) in [6.07, 6.45) is 8.55. The van der Waals surface area contributed by atoms with Gasteiger partial charge >= 0.3 is 0 Å². The Hall–Kier alpha value is -5.81. The molecule has 0 bridgehead atoms. The smallest absolute Gasteiger partial charge is 0.238 e. The number of nitrogens with zero attached hydrogens (tertiary/aromatic N) is 5. The van der Waals surface area contributed by atoms with Gasteiger partial charge in [0.25, 0.3) is 0 Å². The molecule has 3 heterocycles. The second-order valence-corrected chi connectivity index (χ2v) is 11.2. The Morgan fingerprint density at radius 1 is 0.477 bits per heavy atom. The van der Waals surface area contributed by atoms with E-state index < -0.39 is 0 Å². The maximum atomic E-state index is 5.10. The zero-order valence-corrected chi connectivity index (χ0v) is 23.9. The van der Waals surface area contributed by atoms with Crippen LogP contribution in [0, 0.1) is 0 Å². The largest absolute Gasteiger partial charge is 0.309 e. The fraction of sp³-hybridized carbons (Fsp3) is 0.0513. The van der Waals surface area contributed by atoms with Gasteiger partial charge in [-0.1, -0.05) is 103 Å². The van der Waals surface area contributed by atoms with Crippen LogP contribution in [0.25, 0.3) is 72.2 Å². The highest BCUT2D eigenvalue weighted by Gasteiger charge is 2.19. The van der Waals surface area contributed by atoms with Crippen LogP contribution < -0.4 is 0 Å². The molecular weight excluding hydrogens is 538 g/mol. The minimum atomic E-state index is 0.615. The topological polar surface area (TPSA) is 48.5 Å². The summed E-state index contributed by atoms with van der Waals surface area (Å²) in [7, 11) is 0. The molecule has 5 aromatic carbocycles. The zero-order chi connectivity index (χ0) is 29.0. The molecule has 5 nitrogen and oxygen atoms in total. The normalized spacial score (nSPS) is 13.3. The highest BCUT2D eigenvalue weighted by atomic mass is 15.2. The summed E-state index contributed by atoms with van der Waals surface area (Å²) >= 11 is 0. The lowest BCUT2D eigenvalue weighted by Gasteiger charge is -2.12. The van der Waals surface area contributed by atoms with Crippen molar-refractivity contribution in [2.45, 2.75) is 12.8 Å². The second kappa shape index (κ2) is 9.89. The standard InChI is InChI=1S/C39H27N5/c1-3-13-26(14-4-1)37-40-38(27-15-5-2-6-16-27)42-39(41-37)44-35-22-12-9-19-31(35)32-25-28(23-24-36(32)44)43-33-20-10-7-17-29(33)30-18-8-11-21-34(30)43/h1,3-5,7-25H,2,6H2. The summed E-state index contributed by atoms with van der Waals surface area (Å²) in [4.78, 5) is 15.1.